The molecule has 2 atom stereocenters. The van der Waals surface area contributed by atoms with E-state index in [4.69, 9.17) is 0 Å². The molecule has 102 valence electrons. The van der Waals surface area contributed by atoms with Gasteiger partial charge in [-0.15, -0.1) is 0 Å². The SMILES string of the molecule is CCCNC1CCC(N(CC(C)C)C(C)C)C1. The van der Waals surface area contributed by atoms with Crippen LogP contribution in [0.1, 0.15) is 60.3 Å². The molecule has 2 heteroatoms. The molecular formula is C15H32N2. The van der Waals surface area contributed by atoms with E-state index in [0.717, 1.165) is 18.0 Å². The Morgan fingerprint density at radius 3 is 2.41 bits per heavy atom. The lowest BCUT2D eigenvalue weighted by molar-refractivity contribution is 0.135. The Labute approximate surface area is 108 Å². The van der Waals surface area contributed by atoms with Crippen LogP contribution in [0.2, 0.25) is 0 Å². The highest BCUT2D eigenvalue weighted by Crippen LogP contribution is 2.26. The highest BCUT2D eigenvalue weighted by Gasteiger charge is 2.30. The van der Waals surface area contributed by atoms with Gasteiger partial charge in [0.05, 0.1) is 0 Å². The summed E-state index contributed by atoms with van der Waals surface area (Å²) in [7, 11) is 0. The number of hydrogen-bond acceptors (Lipinski definition) is 2. The van der Waals surface area contributed by atoms with E-state index in [2.05, 4.69) is 44.8 Å². The molecule has 1 fully saturated rings. The fourth-order valence-electron chi connectivity index (χ4n) is 3.00. The maximum absolute atomic E-state index is 3.68. The first-order chi connectivity index (χ1) is 8.04. The average Bonchev–Trinajstić information content (AvgIpc) is 2.70. The minimum Gasteiger partial charge on any atom is -0.314 e. The van der Waals surface area contributed by atoms with Crippen LogP contribution in [0, 0.1) is 5.92 Å². The molecule has 2 nitrogen and oxygen atoms in total. The first-order valence-electron chi connectivity index (χ1n) is 7.53. The van der Waals surface area contributed by atoms with Gasteiger partial charge in [0.25, 0.3) is 0 Å². The molecule has 17 heavy (non-hydrogen) atoms. The molecule has 0 amide bonds. The molecular weight excluding hydrogens is 208 g/mol. The minimum atomic E-state index is 0.687. The van der Waals surface area contributed by atoms with Crippen molar-refractivity contribution in [3.05, 3.63) is 0 Å². The smallest absolute Gasteiger partial charge is 0.0113 e. The highest BCUT2D eigenvalue weighted by molar-refractivity contribution is 4.88. The van der Waals surface area contributed by atoms with E-state index in [9.17, 15) is 0 Å². The van der Waals surface area contributed by atoms with E-state index in [0.29, 0.717) is 6.04 Å². The monoisotopic (exact) mass is 240 g/mol. The third-order valence-electron chi connectivity index (χ3n) is 3.80. The molecule has 1 saturated carbocycles. The van der Waals surface area contributed by atoms with E-state index in [1.54, 1.807) is 0 Å². The summed E-state index contributed by atoms with van der Waals surface area (Å²) in [6.45, 7) is 14.0. The van der Waals surface area contributed by atoms with E-state index < -0.39 is 0 Å². The molecule has 1 rings (SSSR count). The molecule has 0 aromatic rings. The Morgan fingerprint density at radius 2 is 1.88 bits per heavy atom. The predicted molar refractivity (Wildman–Crippen MR) is 76.4 cm³/mol. The zero-order chi connectivity index (χ0) is 12.8. The van der Waals surface area contributed by atoms with Crippen molar-refractivity contribution in [1.29, 1.82) is 0 Å². The number of hydrogen-bond donors (Lipinski definition) is 1. The summed E-state index contributed by atoms with van der Waals surface area (Å²) in [5.41, 5.74) is 0. The van der Waals surface area contributed by atoms with Crippen LogP contribution in [0.5, 0.6) is 0 Å². The molecule has 0 aromatic heterocycles. The van der Waals surface area contributed by atoms with Gasteiger partial charge >= 0.3 is 0 Å². The van der Waals surface area contributed by atoms with Gasteiger partial charge in [0.1, 0.15) is 0 Å². The molecule has 1 aliphatic carbocycles. The maximum atomic E-state index is 3.68. The molecule has 1 N–H and O–H groups in total. The normalized spacial score (nSPS) is 25.4. The van der Waals surface area contributed by atoms with Gasteiger partial charge in [-0.1, -0.05) is 20.8 Å². The van der Waals surface area contributed by atoms with Crippen LogP contribution in [0.25, 0.3) is 0 Å². The summed E-state index contributed by atoms with van der Waals surface area (Å²) in [6, 6.07) is 2.27. The zero-order valence-corrected chi connectivity index (χ0v) is 12.5. The fraction of sp³-hybridized carbons (Fsp3) is 1.00. The van der Waals surface area contributed by atoms with Crippen molar-refractivity contribution in [2.24, 2.45) is 5.92 Å². The van der Waals surface area contributed by atoms with E-state index in [1.807, 2.05) is 0 Å². The first kappa shape index (κ1) is 15.0. The Balaban J connectivity index is 2.42. The predicted octanol–water partition coefficient (Wildman–Crippen LogP) is 3.27. The lowest BCUT2D eigenvalue weighted by Crippen LogP contribution is -2.42. The van der Waals surface area contributed by atoms with Crippen LogP contribution < -0.4 is 5.32 Å². The van der Waals surface area contributed by atoms with Gasteiger partial charge in [-0.3, -0.25) is 4.90 Å². The number of nitrogens with one attached hydrogen (secondary N) is 1. The zero-order valence-electron chi connectivity index (χ0n) is 12.5. The summed E-state index contributed by atoms with van der Waals surface area (Å²) < 4.78 is 0. The van der Waals surface area contributed by atoms with Crippen LogP contribution >= 0.6 is 0 Å². The topological polar surface area (TPSA) is 15.3 Å². The Bertz CT molecular complexity index is 201. The van der Waals surface area contributed by atoms with Crippen molar-refractivity contribution in [1.82, 2.24) is 10.2 Å². The van der Waals surface area contributed by atoms with Gasteiger partial charge in [-0.2, -0.15) is 0 Å². The van der Waals surface area contributed by atoms with Crippen molar-refractivity contribution < 1.29 is 0 Å². The van der Waals surface area contributed by atoms with Crippen LogP contribution in [0.3, 0.4) is 0 Å². The molecule has 0 aliphatic heterocycles. The lowest BCUT2D eigenvalue weighted by Gasteiger charge is -2.34. The van der Waals surface area contributed by atoms with Gasteiger partial charge in [-0.25, -0.2) is 0 Å². The quantitative estimate of drug-likeness (QED) is 0.735. The van der Waals surface area contributed by atoms with Crippen LogP contribution in [-0.2, 0) is 0 Å². The minimum absolute atomic E-state index is 0.687. The van der Waals surface area contributed by atoms with E-state index in [-0.39, 0.29) is 0 Å². The lowest BCUT2D eigenvalue weighted by atomic mass is 10.1. The van der Waals surface area contributed by atoms with Crippen molar-refractivity contribution in [2.45, 2.75) is 78.4 Å². The van der Waals surface area contributed by atoms with Crippen molar-refractivity contribution >= 4 is 0 Å². The number of nitrogens with zero attached hydrogens (tertiary/aromatic N) is 1. The standard InChI is InChI=1S/C15H32N2/c1-6-9-16-14-7-8-15(10-14)17(13(4)5)11-12(2)3/h12-16H,6-11H2,1-5H3. The van der Waals surface area contributed by atoms with E-state index >= 15 is 0 Å². The first-order valence-corrected chi connectivity index (χ1v) is 7.53. The Hall–Kier alpha value is -0.0800. The fourth-order valence-corrected chi connectivity index (χ4v) is 3.00. The molecule has 0 heterocycles. The van der Waals surface area contributed by atoms with Crippen LogP contribution in [0.15, 0.2) is 0 Å². The van der Waals surface area contributed by atoms with Crippen molar-refractivity contribution in [3.63, 3.8) is 0 Å². The molecule has 2 unspecified atom stereocenters. The largest absolute Gasteiger partial charge is 0.314 e. The molecule has 1 aliphatic rings. The summed E-state index contributed by atoms with van der Waals surface area (Å²) in [6.07, 6.45) is 5.35. The third-order valence-corrected chi connectivity index (χ3v) is 3.80. The second kappa shape index (κ2) is 7.38. The van der Waals surface area contributed by atoms with Gasteiger partial charge < -0.3 is 5.32 Å². The summed E-state index contributed by atoms with van der Waals surface area (Å²) in [5.74, 6) is 0.778. The summed E-state index contributed by atoms with van der Waals surface area (Å²) >= 11 is 0. The Kier molecular flexibility index (Phi) is 6.50. The summed E-state index contributed by atoms with van der Waals surface area (Å²) in [4.78, 5) is 2.72. The van der Waals surface area contributed by atoms with Gasteiger partial charge in [0, 0.05) is 24.7 Å². The molecule has 0 spiro atoms. The molecule has 0 bridgehead atoms. The molecule has 0 saturated heterocycles. The average molecular weight is 240 g/mol. The highest BCUT2D eigenvalue weighted by atomic mass is 15.2. The second-order valence-electron chi connectivity index (χ2n) is 6.30. The summed E-state index contributed by atoms with van der Waals surface area (Å²) in [5, 5.41) is 3.68. The third kappa shape index (κ3) is 4.97. The van der Waals surface area contributed by atoms with Crippen LogP contribution in [-0.4, -0.2) is 36.1 Å². The number of rotatable bonds is 7. The Morgan fingerprint density at radius 1 is 1.18 bits per heavy atom. The van der Waals surface area contributed by atoms with Gasteiger partial charge in [0.2, 0.25) is 0 Å². The molecule has 0 aromatic carbocycles. The second-order valence-corrected chi connectivity index (χ2v) is 6.30. The molecule has 0 radical (unpaired) electrons. The van der Waals surface area contributed by atoms with Gasteiger partial charge in [-0.05, 0) is 52.0 Å². The van der Waals surface area contributed by atoms with Crippen LogP contribution in [0.4, 0.5) is 0 Å². The van der Waals surface area contributed by atoms with Crippen molar-refractivity contribution in [3.8, 4) is 0 Å². The van der Waals surface area contributed by atoms with Gasteiger partial charge in [0.15, 0.2) is 0 Å². The van der Waals surface area contributed by atoms with Crippen molar-refractivity contribution in [2.75, 3.05) is 13.1 Å². The maximum Gasteiger partial charge on any atom is 0.0113 e. The van der Waals surface area contributed by atoms with E-state index in [1.165, 1.54) is 38.8 Å².